The molecule has 1 heteroatoms. The van der Waals surface area contributed by atoms with Gasteiger partial charge in [-0.3, -0.25) is 0 Å². The van der Waals surface area contributed by atoms with Gasteiger partial charge in [0.15, 0.2) is 0 Å². The van der Waals surface area contributed by atoms with Crippen molar-refractivity contribution < 1.29 is 5.11 Å². The first-order chi connectivity index (χ1) is 6.20. The second-order valence-corrected chi connectivity index (χ2v) is 4.00. The minimum atomic E-state index is 0.345. The van der Waals surface area contributed by atoms with E-state index in [4.69, 9.17) is 5.11 Å². The lowest BCUT2D eigenvalue weighted by molar-refractivity contribution is 0.271. The molecule has 0 aliphatic rings. The molecule has 1 unspecified atom stereocenters. The van der Waals surface area contributed by atoms with Crippen molar-refractivity contribution in [1.29, 1.82) is 0 Å². The van der Waals surface area contributed by atoms with Crippen LogP contribution < -0.4 is 0 Å². The second kappa shape index (κ2) is 8.31. The summed E-state index contributed by atoms with van der Waals surface area (Å²) in [5, 5.41) is 8.66. The number of rotatable bonds is 7. The van der Waals surface area contributed by atoms with E-state index in [9.17, 15) is 0 Å². The normalized spacial score (nSPS) is 14.6. The van der Waals surface area contributed by atoms with Crippen molar-refractivity contribution in [3.05, 3.63) is 11.6 Å². The molecular formula is C12H24O. The minimum Gasteiger partial charge on any atom is -0.396 e. The molecule has 0 aromatic carbocycles. The maximum atomic E-state index is 8.66. The summed E-state index contributed by atoms with van der Waals surface area (Å²) in [7, 11) is 0. The molecule has 0 aromatic rings. The summed E-state index contributed by atoms with van der Waals surface area (Å²) < 4.78 is 0. The van der Waals surface area contributed by atoms with Gasteiger partial charge in [-0.05, 0) is 45.4 Å². The Bertz CT molecular complexity index is 138. The smallest absolute Gasteiger partial charge is 0.0431 e. The Labute approximate surface area is 82.9 Å². The molecule has 1 nitrogen and oxygen atoms in total. The van der Waals surface area contributed by atoms with Crippen LogP contribution in [-0.2, 0) is 0 Å². The Morgan fingerprint density at radius 1 is 1.31 bits per heavy atom. The first-order valence-corrected chi connectivity index (χ1v) is 5.43. The van der Waals surface area contributed by atoms with E-state index >= 15 is 0 Å². The summed E-state index contributed by atoms with van der Waals surface area (Å²) in [6, 6.07) is 0. The van der Waals surface area contributed by atoms with Gasteiger partial charge in [-0.2, -0.15) is 0 Å². The lowest BCUT2D eigenvalue weighted by Gasteiger charge is -2.09. The average molecular weight is 184 g/mol. The van der Waals surface area contributed by atoms with Crippen molar-refractivity contribution in [1.82, 2.24) is 0 Å². The molecule has 0 radical (unpaired) electrons. The monoisotopic (exact) mass is 184 g/mol. The molecule has 1 N–H and O–H groups in total. The quantitative estimate of drug-likeness (QED) is 0.600. The van der Waals surface area contributed by atoms with E-state index in [-0.39, 0.29) is 0 Å². The van der Waals surface area contributed by atoms with E-state index in [1.807, 2.05) is 0 Å². The number of allylic oxidation sites excluding steroid dienone is 2. The fraction of sp³-hybridized carbons (Fsp3) is 0.833. The van der Waals surface area contributed by atoms with Crippen LogP contribution in [-0.4, -0.2) is 11.7 Å². The molecule has 0 aromatic heterocycles. The van der Waals surface area contributed by atoms with Crippen LogP contribution in [0.3, 0.4) is 0 Å². The van der Waals surface area contributed by atoms with Crippen molar-refractivity contribution in [3.63, 3.8) is 0 Å². The number of aliphatic hydroxyl groups excluding tert-OH is 1. The van der Waals surface area contributed by atoms with Gasteiger partial charge in [-0.15, -0.1) is 0 Å². The van der Waals surface area contributed by atoms with Gasteiger partial charge in [0.1, 0.15) is 0 Å². The summed E-state index contributed by atoms with van der Waals surface area (Å²) in [5.74, 6) is 0.775. The molecule has 0 bridgehead atoms. The molecule has 0 saturated heterocycles. The van der Waals surface area contributed by atoms with Crippen LogP contribution in [0.5, 0.6) is 0 Å². The molecule has 0 rings (SSSR count). The van der Waals surface area contributed by atoms with Crippen molar-refractivity contribution in [3.8, 4) is 0 Å². The molecule has 0 heterocycles. The Morgan fingerprint density at radius 3 is 2.46 bits per heavy atom. The van der Waals surface area contributed by atoms with E-state index in [2.05, 4.69) is 26.8 Å². The maximum Gasteiger partial charge on any atom is 0.0431 e. The lowest BCUT2D eigenvalue weighted by Crippen LogP contribution is -1.96. The fourth-order valence-electron chi connectivity index (χ4n) is 1.46. The standard InChI is InChI=1S/C12H24O/c1-4-11(2)7-5-8-12(3)9-6-10-13/h4,12-13H,5-10H2,1-3H3. The summed E-state index contributed by atoms with van der Waals surface area (Å²) in [5.41, 5.74) is 1.49. The molecule has 0 aliphatic heterocycles. The molecule has 0 aliphatic carbocycles. The van der Waals surface area contributed by atoms with Crippen LogP contribution in [0.1, 0.15) is 52.9 Å². The largest absolute Gasteiger partial charge is 0.396 e. The van der Waals surface area contributed by atoms with E-state index in [1.165, 1.54) is 31.3 Å². The first kappa shape index (κ1) is 12.7. The predicted molar refractivity (Wildman–Crippen MR) is 58.8 cm³/mol. The van der Waals surface area contributed by atoms with Gasteiger partial charge in [0.05, 0.1) is 0 Å². The van der Waals surface area contributed by atoms with Crippen LogP contribution in [0, 0.1) is 5.92 Å². The fourth-order valence-corrected chi connectivity index (χ4v) is 1.46. The molecule has 1 atom stereocenters. The van der Waals surface area contributed by atoms with Crippen molar-refractivity contribution in [2.75, 3.05) is 6.61 Å². The number of aliphatic hydroxyl groups is 1. The Hall–Kier alpha value is -0.300. The van der Waals surface area contributed by atoms with Gasteiger partial charge in [0, 0.05) is 6.61 Å². The van der Waals surface area contributed by atoms with Crippen molar-refractivity contribution >= 4 is 0 Å². The summed E-state index contributed by atoms with van der Waals surface area (Å²) >= 11 is 0. The van der Waals surface area contributed by atoms with Crippen LogP contribution >= 0.6 is 0 Å². The van der Waals surface area contributed by atoms with Crippen LogP contribution in [0.15, 0.2) is 11.6 Å². The molecule has 78 valence electrons. The van der Waals surface area contributed by atoms with E-state index in [0.29, 0.717) is 6.61 Å². The van der Waals surface area contributed by atoms with E-state index < -0.39 is 0 Å². The molecule has 0 spiro atoms. The van der Waals surface area contributed by atoms with E-state index in [0.717, 1.165) is 12.3 Å². The van der Waals surface area contributed by atoms with Crippen molar-refractivity contribution in [2.45, 2.75) is 52.9 Å². The third-order valence-corrected chi connectivity index (χ3v) is 2.62. The van der Waals surface area contributed by atoms with Gasteiger partial charge >= 0.3 is 0 Å². The van der Waals surface area contributed by atoms with Gasteiger partial charge in [0.2, 0.25) is 0 Å². The Balaban J connectivity index is 3.31. The molecule has 13 heavy (non-hydrogen) atoms. The highest BCUT2D eigenvalue weighted by molar-refractivity contribution is 4.94. The second-order valence-electron chi connectivity index (χ2n) is 4.00. The first-order valence-electron chi connectivity index (χ1n) is 5.43. The summed E-state index contributed by atoms with van der Waals surface area (Å²) in [6.07, 6.45) is 8.15. The summed E-state index contributed by atoms with van der Waals surface area (Å²) in [4.78, 5) is 0. The van der Waals surface area contributed by atoms with Crippen molar-refractivity contribution in [2.24, 2.45) is 5.92 Å². The zero-order valence-electron chi connectivity index (χ0n) is 9.34. The lowest BCUT2D eigenvalue weighted by atomic mass is 9.97. The summed E-state index contributed by atoms with van der Waals surface area (Å²) in [6.45, 7) is 6.92. The highest BCUT2D eigenvalue weighted by Gasteiger charge is 2.01. The van der Waals surface area contributed by atoms with Gasteiger partial charge in [0.25, 0.3) is 0 Å². The highest BCUT2D eigenvalue weighted by Crippen LogP contribution is 2.15. The van der Waals surface area contributed by atoms with Gasteiger partial charge < -0.3 is 5.11 Å². The van der Waals surface area contributed by atoms with Gasteiger partial charge in [-0.25, -0.2) is 0 Å². The number of hydrogen-bond acceptors (Lipinski definition) is 1. The highest BCUT2D eigenvalue weighted by atomic mass is 16.2. The molecule has 0 saturated carbocycles. The average Bonchev–Trinajstić information content (AvgIpc) is 2.14. The third-order valence-electron chi connectivity index (χ3n) is 2.62. The molecule has 0 amide bonds. The van der Waals surface area contributed by atoms with E-state index in [1.54, 1.807) is 0 Å². The zero-order chi connectivity index (χ0) is 10.1. The Morgan fingerprint density at radius 2 is 1.92 bits per heavy atom. The van der Waals surface area contributed by atoms with Crippen LogP contribution in [0.4, 0.5) is 0 Å². The minimum absolute atomic E-state index is 0.345. The molecular weight excluding hydrogens is 160 g/mol. The van der Waals surface area contributed by atoms with Crippen LogP contribution in [0.25, 0.3) is 0 Å². The number of hydrogen-bond donors (Lipinski definition) is 1. The third kappa shape index (κ3) is 8.04. The topological polar surface area (TPSA) is 20.2 Å². The van der Waals surface area contributed by atoms with Crippen LogP contribution in [0.2, 0.25) is 0 Å². The zero-order valence-corrected chi connectivity index (χ0v) is 9.34. The SMILES string of the molecule is CC=C(C)CCCC(C)CCCO. The maximum absolute atomic E-state index is 8.66. The predicted octanol–water partition coefficient (Wildman–Crippen LogP) is 3.53. The molecule has 0 fully saturated rings. The Kier molecular flexibility index (Phi) is 8.11. The van der Waals surface area contributed by atoms with Gasteiger partial charge in [-0.1, -0.05) is 25.0 Å².